The highest BCUT2D eigenvalue weighted by Gasteiger charge is 2.13. The van der Waals surface area contributed by atoms with Crippen molar-refractivity contribution in [3.8, 4) is 0 Å². The van der Waals surface area contributed by atoms with Crippen LogP contribution in [0.2, 0.25) is 10.0 Å². The first kappa shape index (κ1) is 15.3. The zero-order valence-corrected chi connectivity index (χ0v) is 12.1. The predicted octanol–water partition coefficient (Wildman–Crippen LogP) is 2.78. The van der Waals surface area contributed by atoms with E-state index < -0.39 is 0 Å². The summed E-state index contributed by atoms with van der Waals surface area (Å²) in [5, 5.41) is 4.12. The van der Waals surface area contributed by atoms with Gasteiger partial charge >= 0.3 is 0 Å². The van der Waals surface area contributed by atoms with E-state index in [1.54, 1.807) is 25.1 Å². The van der Waals surface area contributed by atoms with E-state index in [2.05, 4.69) is 5.32 Å². The molecule has 0 bridgehead atoms. The third kappa shape index (κ3) is 4.84. The Labute approximate surface area is 118 Å². The van der Waals surface area contributed by atoms with E-state index in [-0.39, 0.29) is 18.0 Å². The molecule has 5 heteroatoms. The minimum atomic E-state index is -0.138. The summed E-state index contributed by atoms with van der Waals surface area (Å²) in [5.41, 5.74) is 6.42. The van der Waals surface area contributed by atoms with Crippen molar-refractivity contribution < 1.29 is 4.79 Å². The number of hydrogen-bond donors (Lipinski definition) is 2. The fourth-order valence-corrected chi connectivity index (χ4v) is 2.26. The Balaban J connectivity index is 2.59. The Morgan fingerprint density at radius 1 is 1.33 bits per heavy atom. The Bertz CT molecular complexity index is 401. The number of nitrogens with one attached hydrogen (secondary N) is 1. The van der Waals surface area contributed by atoms with Crippen molar-refractivity contribution in [1.82, 2.24) is 5.32 Å². The van der Waals surface area contributed by atoms with Crippen molar-refractivity contribution in [3.05, 3.63) is 33.8 Å². The average Bonchev–Trinajstić information content (AvgIpc) is 2.22. The maximum Gasteiger partial charge on any atom is 0.221 e. The monoisotopic (exact) mass is 288 g/mol. The number of nitrogens with two attached hydrogens (primary N) is 1. The van der Waals surface area contributed by atoms with E-state index >= 15 is 0 Å². The van der Waals surface area contributed by atoms with Gasteiger partial charge in [-0.3, -0.25) is 4.79 Å². The molecule has 3 N–H and O–H groups in total. The van der Waals surface area contributed by atoms with E-state index in [1.165, 1.54) is 0 Å². The second-order valence-corrected chi connectivity index (χ2v) is 5.37. The lowest BCUT2D eigenvalue weighted by molar-refractivity contribution is -0.121. The quantitative estimate of drug-likeness (QED) is 0.875. The SMILES string of the molecule is CC(N)CC(=O)NC(C)Cc1c(Cl)cccc1Cl. The molecule has 0 saturated carbocycles. The smallest absolute Gasteiger partial charge is 0.221 e. The normalized spacial score (nSPS) is 14.1. The molecule has 100 valence electrons. The molecule has 2 atom stereocenters. The zero-order valence-electron chi connectivity index (χ0n) is 10.5. The Hall–Kier alpha value is -0.770. The minimum Gasteiger partial charge on any atom is -0.353 e. The van der Waals surface area contributed by atoms with Gasteiger partial charge in [-0.05, 0) is 38.0 Å². The molecule has 0 saturated heterocycles. The van der Waals surface area contributed by atoms with Crippen LogP contribution in [0.3, 0.4) is 0 Å². The van der Waals surface area contributed by atoms with Gasteiger partial charge in [0.1, 0.15) is 0 Å². The van der Waals surface area contributed by atoms with Crippen LogP contribution < -0.4 is 11.1 Å². The van der Waals surface area contributed by atoms with Gasteiger partial charge in [0.05, 0.1) is 0 Å². The number of amides is 1. The van der Waals surface area contributed by atoms with Gasteiger partial charge in [0.15, 0.2) is 0 Å². The molecule has 1 amide bonds. The number of halogens is 2. The zero-order chi connectivity index (χ0) is 13.7. The largest absolute Gasteiger partial charge is 0.353 e. The van der Waals surface area contributed by atoms with Gasteiger partial charge in [-0.1, -0.05) is 29.3 Å². The molecule has 2 unspecified atom stereocenters. The van der Waals surface area contributed by atoms with Crippen LogP contribution in [0.4, 0.5) is 0 Å². The summed E-state index contributed by atoms with van der Waals surface area (Å²) in [5.74, 6) is -0.0549. The topological polar surface area (TPSA) is 55.1 Å². The number of carbonyl (C=O) groups excluding carboxylic acids is 1. The average molecular weight is 289 g/mol. The van der Waals surface area contributed by atoms with Gasteiger partial charge in [0.25, 0.3) is 0 Å². The van der Waals surface area contributed by atoms with E-state index in [9.17, 15) is 4.79 Å². The molecule has 0 aliphatic carbocycles. The van der Waals surface area contributed by atoms with Crippen LogP contribution >= 0.6 is 23.2 Å². The van der Waals surface area contributed by atoms with Crippen LogP contribution in [0.5, 0.6) is 0 Å². The molecule has 0 spiro atoms. The van der Waals surface area contributed by atoms with E-state index in [1.807, 2.05) is 6.92 Å². The van der Waals surface area contributed by atoms with Crippen LogP contribution in [0.25, 0.3) is 0 Å². The summed E-state index contributed by atoms with van der Waals surface area (Å²) < 4.78 is 0. The highest BCUT2D eigenvalue weighted by atomic mass is 35.5. The number of hydrogen-bond acceptors (Lipinski definition) is 2. The van der Waals surface area contributed by atoms with E-state index in [4.69, 9.17) is 28.9 Å². The van der Waals surface area contributed by atoms with Crippen LogP contribution in [0.1, 0.15) is 25.8 Å². The Morgan fingerprint density at radius 2 is 1.89 bits per heavy atom. The van der Waals surface area contributed by atoms with Crippen molar-refractivity contribution in [2.45, 2.75) is 38.8 Å². The predicted molar refractivity (Wildman–Crippen MR) is 76.0 cm³/mol. The number of carbonyl (C=O) groups is 1. The summed E-state index contributed by atoms with van der Waals surface area (Å²) in [6, 6.07) is 5.21. The number of rotatable bonds is 5. The van der Waals surface area contributed by atoms with Gasteiger partial charge in [0, 0.05) is 28.5 Å². The van der Waals surface area contributed by atoms with E-state index in [0.717, 1.165) is 5.56 Å². The molecular weight excluding hydrogens is 271 g/mol. The molecule has 1 aromatic rings. The van der Waals surface area contributed by atoms with Crippen LogP contribution in [0.15, 0.2) is 18.2 Å². The van der Waals surface area contributed by atoms with Gasteiger partial charge in [-0.15, -0.1) is 0 Å². The maximum absolute atomic E-state index is 11.6. The molecule has 1 rings (SSSR count). The lowest BCUT2D eigenvalue weighted by Gasteiger charge is -2.16. The molecule has 0 aliphatic heterocycles. The molecule has 3 nitrogen and oxygen atoms in total. The summed E-state index contributed by atoms with van der Waals surface area (Å²) in [6.07, 6.45) is 0.920. The molecule has 0 heterocycles. The lowest BCUT2D eigenvalue weighted by atomic mass is 10.1. The first-order valence-corrected chi connectivity index (χ1v) is 6.63. The highest BCUT2D eigenvalue weighted by Crippen LogP contribution is 2.25. The minimum absolute atomic E-state index is 0.0337. The summed E-state index contributed by atoms with van der Waals surface area (Å²) in [7, 11) is 0. The summed E-state index contributed by atoms with van der Waals surface area (Å²) in [4.78, 5) is 11.6. The Kier molecular flexibility index (Phi) is 5.93. The van der Waals surface area contributed by atoms with Crippen molar-refractivity contribution in [2.75, 3.05) is 0 Å². The third-order valence-electron chi connectivity index (χ3n) is 2.49. The Morgan fingerprint density at radius 3 is 2.39 bits per heavy atom. The fourth-order valence-electron chi connectivity index (χ4n) is 1.71. The van der Waals surface area contributed by atoms with Crippen molar-refractivity contribution >= 4 is 29.1 Å². The maximum atomic E-state index is 11.6. The first-order chi connectivity index (χ1) is 8.40. The van der Waals surface area contributed by atoms with E-state index in [0.29, 0.717) is 22.9 Å². The second-order valence-electron chi connectivity index (χ2n) is 4.55. The molecular formula is C13H18Cl2N2O. The van der Waals surface area contributed by atoms with Gasteiger partial charge in [-0.25, -0.2) is 0 Å². The van der Waals surface area contributed by atoms with Crippen molar-refractivity contribution in [3.63, 3.8) is 0 Å². The van der Waals surface area contributed by atoms with Crippen LogP contribution in [0, 0.1) is 0 Å². The van der Waals surface area contributed by atoms with Crippen molar-refractivity contribution in [1.29, 1.82) is 0 Å². The highest BCUT2D eigenvalue weighted by molar-refractivity contribution is 6.36. The molecule has 0 fully saturated rings. The molecule has 0 radical (unpaired) electrons. The molecule has 1 aromatic carbocycles. The lowest BCUT2D eigenvalue weighted by Crippen LogP contribution is -2.37. The number of benzene rings is 1. The van der Waals surface area contributed by atoms with Gasteiger partial charge < -0.3 is 11.1 Å². The van der Waals surface area contributed by atoms with Crippen LogP contribution in [-0.4, -0.2) is 18.0 Å². The molecule has 0 aromatic heterocycles. The third-order valence-corrected chi connectivity index (χ3v) is 3.19. The standard InChI is InChI=1S/C13H18Cl2N2O/c1-8(16)6-13(18)17-9(2)7-10-11(14)4-3-5-12(10)15/h3-5,8-9H,6-7,16H2,1-2H3,(H,17,18). The van der Waals surface area contributed by atoms with Crippen molar-refractivity contribution in [2.24, 2.45) is 5.73 Å². The van der Waals surface area contributed by atoms with Gasteiger partial charge in [0.2, 0.25) is 5.91 Å². The summed E-state index contributed by atoms with van der Waals surface area (Å²) in [6.45, 7) is 3.72. The molecule has 18 heavy (non-hydrogen) atoms. The first-order valence-electron chi connectivity index (χ1n) is 5.88. The van der Waals surface area contributed by atoms with Crippen LogP contribution in [-0.2, 0) is 11.2 Å². The van der Waals surface area contributed by atoms with Gasteiger partial charge in [-0.2, -0.15) is 0 Å². The second kappa shape index (κ2) is 6.98. The molecule has 0 aliphatic rings. The fraction of sp³-hybridized carbons (Fsp3) is 0.462. The summed E-state index contributed by atoms with van der Waals surface area (Å²) >= 11 is 12.2.